The third-order valence-corrected chi connectivity index (χ3v) is 4.25. The smallest absolute Gasteiger partial charge is 0.380 e. The van der Waals surface area contributed by atoms with Crippen LogP contribution in [0.2, 0.25) is 0 Å². The second kappa shape index (κ2) is 8.56. The first-order valence-electron chi connectivity index (χ1n) is 7.67. The van der Waals surface area contributed by atoms with Gasteiger partial charge >= 0.3 is 11.9 Å². The minimum absolute atomic E-state index is 0.0935. The van der Waals surface area contributed by atoms with E-state index in [0.717, 1.165) is 30.3 Å². The molecule has 10 heteroatoms. The van der Waals surface area contributed by atoms with Crippen LogP contribution in [-0.2, 0) is 9.53 Å². The molecular weight excluding hydrogens is 453 g/mol. The fourth-order valence-electron chi connectivity index (χ4n) is 2.16. The van der Waals surface area contributed by atoms with Gasteiger partial charge in [0, 0.05) is 11.6 Å². The van der Waals surface area contributed by atoms with Gasteiger partial charge in [0.1, 0.15) is 11.6 Å². The molecule has 0 saturated carbocycles. The summed E-state index contributed by atoms with van der Waals surface area (Å²) in [6, 6.07) is 6.21. The zero-order chi connectivity index (χ0) is 21.1. The summed E-state index contributed by atoms with van der Waals surface area (Å²) < 4.78 is 78.5. The molecule has 0 N–H and O–H groups in total. The number of carbonyl (C=O) groups is 1. The van der Waals surface area contributed by atoms with E-state index >= 15 is 0 Å². The molecule has 2 rings (SSSR count). The summed E-state index contributed by atoms with van der Waals surface area (Å²) in [5.41, 5.74) is -0.941. The lowest BCUT2D eigenvalue weighted by molar-refractivity contribution is -0.182. The maximum atomic E-state index is 14.5. The van der Waals surface area contributed by atoms with Crippen LogP contribution in [0.5, 0.6) is 11.5 Å². The maximum absolute atomic E-state index is 14.5. The van der Waals surface area contributed by atoms with Crippen LogP contribution in [-0.4, -0.2) is 18.5 Å². The van der Waals surface area contributed by atoms with Gasteiger partial charge in [0.15, 0.2) is 11.6 Å². The van der Waals surface area contributed by atoms with Gasteiger partial charge in [-0.1, -0.05) is 6.07 Å². The van der Waals surface area contributed by atoms with Gasteiger partial charge in [-0.15, -0.1) is 0 Å². The van der Waals surface area contributed by atoms with Crippen LogP contribution in [0.15, 0.2) is 34.8 Å². The summed E-state index contributed by atoms with van der Waals surface area (Å²) >= 11 is 2.66. The third kappa shape index (κ3) is 4.42. The molecule has 28 heavy (non-hydrogen) atoms. The third-order valence-electron chi connectivity index (χ3n) is 3.44. The Labute approximate surface area is 164 Å². The quantitative estimate of drug-likeness (QED) is 0.413. The van der Waals surface area contributed by atoms with Crippen molar-refractivity contribution in [2.75, 3.05) is 6.61 Å². The van der Waals surface area contributed by atoms with Gasteiger partial charge in [0.25, 0.3) is 0 Å². The Morgan fingerprint density at radius 3 is 2.57 bits per heavy atom. The fraction of sp³-hybridized carbons (Fsp3) is 0.222. The summed E-state index contributed by atoms with van der Waals surface area (Å²) in [5.74, 6) is -9.48. The Hall–Kier alpha value is -2.67. The Bertz CT molecular complexity index is 946. The van der Waals surface area contributed by atoms with Gasteiger partial charge in [-0.25, -0.2) is 18.0 Å². The van der Waals surface area contributed by atoms with Crippen molar-refractivity contribution in [1.82, 2.24) is 0 Å². The van der Waals surface area contributed by atoms with E-state index in [9.17, 15) is 26.7 Å². The van der Waals surface area contributed by atoms with Gasteiger partial charge in [0.05, 0.1) is 22.7 Å². The van der Waals surface area contributed by atoms with Crippen LogP contribution in [0, 0.1) is 23.0 Å². The average molecular weight is 464 g/mol. The number of nitrogens with zero attached hydrogens (tertiary/aromatic N) is 1. The summed E-state index contributed by atoms with van der Waals surface area (Å²) in [5, 5.41) is 8.80. The Morgan fingerprint density at radius 2 is 1.96 bits per heavy atom. The molecule has 0 aromatic heterocycles. The molecule has 1 unspecified atom stereocenters. The Kier molecular flexibility index (Phi) is 6.61. The van der Waals surface area contributed by atoms with Gasteiger partial charge in [0.2, 0.25) is 6.17 Å². The standard InChI is InChI=1S/C18H11BrF5NO3/c1-2-27-17(26)18(23,24)16(22)12-3-4-13(15(21)14(12)19)28-11-6-9(8-25)5-10(20)7-11/h3-7,16H,2H2,1H3. The number of alkyl halides is 3. The summed E-state index contributed by atoms with van der Waals surface area (Å²) in [7, 11) is 0. The molecule has 0 fully saturated rings. The summed E-state index contributed by atoms with van der Waals surface area (Å²) in [6.07, 6.45) is -3.19. The molecule has 0 heterocycles. The lowest BCUT2D eigenvalue weighted by Gasteiger charge is -2.20. The molecule has 0 aliphatic rings. The topological polar surface area (TPSA) is 59.3 Å². The number of halogens is 6. The number of benzene rings is 2. The first-order valence-corrected chi connectivity index (χ1v) is 8.46. The van der Waals surface area contributed by atoms with Crippen molar-refractivity contribution >= 4 is 21.9 Å². The van der Waals surface area contributed by atoms with E-state index in [1.165, 1.54) is 6.92 Å². The molecule has 0 bridgehead atoms. The predicted octanol–water partition coefficient (Wildman–Crippen LogP) is 5.60. The predicted molar refractivity (Wildman–Crippen MR) is 90.7 cm³/mol. The largest absolute Gasteiger partial charge is 0.461 e. The second-order valence-electron chi connectivity index (χ2n) is 5.38. The van der Waals surface area contributed by atoms with Gasteiger partial charge < -0.3 is 9.47 Å². The molecule has 2 aromatic rings. The van der Waals surface area contributed by atoms with Crippen LogP contribution in [0.3, 0.4) is 0 Å². The van der Waals surface area contributed by atoms with Crippen molar-refractivity contribution in [2.45, 2.75) is 19.0 Å². The van der Waals surface area contributed by atoms with E-state index in [4.69, 9.17) is 10.00 Å². The normalized spacial score (nSPS) is 12.2. The van der Waals surface area contributed by atoms with Gasteiger partial charge in [-0.05, 0) is 41.1 Å². The molecule has 0 amide bonds. The maximum Gasteiger partial charge on any atom is 0.380 e. The molecular formula is C18H11BrF5NO3. The second-order valence-corrected chi connectivity index (χ2v) is 6.17. The lowest BCUT2D eigenvalue weighted by Crippen LogP contribution is -2.35. The number of carbonyl (C=O) groups excluding carboxylic acids is 1. The first kappa shape index (κ1) is 21.6. The highest BCUT2D eigenvalue weighted by Gasteiger charge is 2.51. The number of esters is 1. The van der Waals surface area contributed by atoms with Crippen molar-refractivity contribution in [2.24, 2.45) is 0 Å². The van der Waals surface area contributed by atoms with E-state index in [1.807, 2.05) is 0 Å². The van der Waals surface area contributed by atoms with Crippen molar-refractivity contribution in [3.05, 3.63) is 57.6 Å². The van der Waals surface area contributed by atoms with Crippen molar-refractivity contribution in [3.63, 3.8) is 0 Å². The summed E-state index contributed by atoms with van der Waals surface area (Å²) in [4.78, 5) is 11.3. The molecule has 4 nitrogen and oxygen atoms in total. The van der Waals surface area contributed by atoms with Crippen LogP contribution < -0.4 is 4.74 Å². The number of ether oxygens (including phenoxy) is 2. The van der Waals surface area contributed by atoms with Crippen LogP contribution in [0.4, 0.5) is 22.0 Å². The van der Waals surface area contributed by atoms with Crippen molar-refractivity contribution in [1.29, 1.82) is 5.26 Å². The fourth-order valence-corrected chi connectivity index (χ4v) is 2.69. The Balaban J connectivity index is 2.36. The molecule has 0 radical (unpaired) electrons. The molecule has 0 spiro atoms. The van der Waals surface area contributed by atoms with Crippen molar-refractivity contribution in [3.8, 4) is 17.6 Å². The van der Waals surface area contributed by atoms with E-state index in [-0.39, 0.29) is 17.9 Å². The monoisotopic (exact) mass is 463 g/mol. The number of hydrogen-bond acceptors (Lipinski definition) is 4. The van der Waals surface area contributed by atoms with Gasteiger partial charge in [-0.2, -0.15) is 14.0 Å². The highest BCUT2D eigenvalue weighted by atomic mass is 79.9. The summed E-state index contributed by atoms with van der Waals surface area (Å²) in [6.45, 7) is 0.884. The van der Waals surface area contributed by atoms with E-state index in [0.29, 0.717) is 0 Å². The minimum Gasteiger partial charge on any atom is -0.461 e. The zero-order valence-electron chi connectivity index (χ0n) is 14.1. The highest BCUT2D eigenvalue weighted by Crippen LogP contribution is 2.42. The number of nitriles is 1. The van der Waals surface area contributed by atoms with Crippen LogP contribution in [0.25, 0.3) is 0 Å². The van der Waals surface area contributed by atoms with Gasteiger partial charge in [-0.3, -0.25) is 0 Å². The van der Waals surface area contributed by atoms with Crippen LogP contribution >= 0.6 is 15.9 Å². The van der Waals surface area contributed by atoms with E-state index in [2.05, 4.69) is 20.7 Å². The molecule has 0 aliphatic heterocycles. The molecule has 148 valence electrons. The first-order chi connectivity index (χ1) is 13.1. The SMILES string of the molecule is CCOC(=O)C(F)(F)C(F)c1ccc(Oc2cc(F)cc(C#N)c2)c(F)c1Br. The molecule has 1 atom stereocenters. The molecule has 0 aliphatic carbocycles. The zero-order valence-corrected chi connectivity index (χ0v) is 15.7. The highest BCUT2D eigenvalue weighted by molar-refractivity contribution is 9.10. The van der Waals surface area contributed by atoms with Crippen LogP contribution in [0.1, 0.15) is 24.2 Å². The molecule has 0 saturated heterocycles. The average Bonchev–Trinajstić information content (AvgIpc) is 2.64. The van der Waals surface area contributed by atoms with Crippen molar-refractivity contribution < 1.29 is 36.2 Å². The number of hydrogen-bond donors (Lipinski definition) is 0. The molecule has 2 aromatic carbocycles. The lowest BCUT2D eigenvalue weighted by atomic mass is 10.0. The Morgan fingerprint density at radius 1 is 1.29 bits per heavy atom. The number of rotatable bonds is 6. The minimum atomic E-state index is -4.54. The van der Waals surface area contributed by atoms with E-state index < -0.39 is 45.5 Å². The van der Waals surface area contributed by atoms with E-state index in [1.54, 1.807) is 6.07 Å².